The molecule has 0 fully saturated rings. The molecule has 0 saturated heterocycles. The van der Waals surface area contributed by atoms with Crippen LogP contribution in [-0.4, -0.2) is 14.5 Å². The minimum absolute atomic E-state index is 0.102. The monoisotopic (exact) mass is 223 g/mol. The Morgan fingerprint density at radius 3 is 2.88 bits per heavy atom. The number of fused-ring (bicyclic) bond motifs is 3. The highest BCUT2D eigenvalue weighted by atomic mass is 16.3. The molecule has 0 aliphatic carbocycles. The first-order valence-corrected chi connectivity index (χ1v) is 5.22. The molecule has 0 aliphatic heterocycles. The summed E-state index contributed by atoms with van der Waals surface area (Å²) in [5, 5.41) is 19.1. The molecule has 2 heterocycles. The average Bonchev–Trinajstić information content (AvgIpc) is 2.68. The van der Waals surface area contributed by atoms with Gasteiger partial charge in [-0.15, -0.1) is 0 Å². The molecular weight excluding hydrogens is 214 g/mol. The first kappa shape index (κ1) is 9.67. The van der Waals surface area contributed by atoms with Crippen molar-refractivity contribution in [3.05, 3.63) is 41.5 Å². The Hall–Kier alpha value is -2.54. The minimum Gasteiger partial charge on any atom is -0.494 e. The number of hydrogen-bond acceptors (Lipinski definition) is 3. The van der Waals surface area contributed by atoms with Crippen LogP contribution in [0.25, 0.3) is 16.7 Å². The predicted octanol–water partition coefficient (Wildman–Crippen LogP) is 2.37. The fraction of sp³-hybridized carbons (Fsp3) is 0.0769. The lowest BCUT2D eigenvalue weighted by Crippen LogP contribution is -1.93. The number of aryl methyl sites for hydroxylation is 1. The third kappa shape index (κ3) is 1.20. The number of hydrogen-bond donors (Lipinski definition) is 1. The highest BCUT2D eigenvalue weighted by molar-refractivity contribution is 5.83. The Labute approximate surface area is 97.4 Å². The standard InChI is InChI=1S/C13H9N3O/c1-8-6-12(17)16-11-5-3-2-4-10(11)15-13(16)9(8)7-14/h2-6,17H,1H3. The average molecular weight is 223 g/mol. The number of nitrogens with zero attached hydrogens (tertiary/aromatic N) is 3. The summed E-state index contributed by atoms with van der Waals surface area (Å²) in [6, 6.07) is 11.2. The molecule has 0 bridgehead atoms. The van der Waals surface area contributed by atoms with Crippen molar-refractivity contribution in [3.8, 4) is 11.9 Å². The van der Waals surface area contributed by atoms with Crippen LogP contribution in [0.3, 0.4) is 0 Å². The lowest BCUT2D eigenvalue weighted by molar-refractivity contribution is 0.448. The molecule has 82 valence electrons. The van der Waals surface area contributed by atoms with Crippen LogP contribution in [0.4, 0.5) is 0 Å². The third-order valence-electron chi connectivity index (χ3n) is 2.87. The summed E-state index contributed by atoms with van der Waals surface area (Å²) in [5.41, 5.74) is 3.31. The van der Waals surface area contributed by atoms with E-state index in [1.54, 1.807) is 17.4 Å². The molecule has 3 rings (SSSR count). The highest BCUT2D eigenvalue weighted by Crippen LogP contribution is 2.26. The molecule has 0 aliphatic rings. The molecule has 3 aromatic rings. The summed E-state index contributed by atoms with van der Waals surface area (Å²) in [4.78, 5) is 4.39. The topological polar surface area (TPSA) is 61.3 Å². The maximum absolute atomic E-state index is 9.97. The van der Waals surface area contributed by atoms with Gasteiger partial charge in [0, 0.05) is 6.07 Å². The molecular formula is C13H9N3O. The molecule has 0 saturated carbocycles. The van der Waals surface area contributed by atoms with Crippen molar-refractivity contribution in [3.63, 3.8) is 0 Å². The van der Waals surface area contributed by atoms with Crippen molar-refractivity contribution in [2.24, 2.45) is 0 Å². The molecule has 0 unspecified atom stereocenters. The van der Waals surface area contributed by atoms with Gasteiger partial charge in [0.25, 0.3) is 0 Å². The van der Waals surface area contributed by atoms with E-state index >= 15 is 0 Å². The normalized spacial score (nSPS) is 10.8. The summed E-state index contributed by atoms with van der Waals surface area (Å²) in [5.74, 6) is 0.102. The van der Waals surface area contributed by atoms with Gasteiger partial charge in [0.1, 0.15) is 6.07 Å². The summed E-state index contributed by atoms with van der Waals surface area (Å²) < 4.78 is 1.60. The highest BCUT2D eigenvalue weighted by Gasteiger charge is 2.13. The molecule has 0 amide bonds. The van der Waals surface area contributed by atoms with Gasteiger partial charge in [-0.2, -0.15) is 5.26 Å². The second kappa shape index (κ2) is 3.22. The van der Waals surface area contributed by atoms with Gasteiger partial charge >= 0.3 is 0 Å². The smallest absolute Gasteiger partial charge is 0.197 e. The van der Waals surface area contributed by atoms with Crippen molar-refractivity contribution in [2.75, 3.05) is 0 Å². The number of para-hydroxylation sites is 2. The number of aromatic hydroxyl groups is 1. The second-order valence-electron chi connectivity index (χ2n) is 3.93. The molecule has 0 spiro atoms. The Morgan fingerprint density at radius 1 is 1.35 bits per heavy atom. The van der Waals surface area contributed by atoms with E-state index in [2.05, 4.69) is 11.1 Å². The van der Waals surface area contributed by atoms with Crippen LogP contribution in [0.15, 0.2) is 30.3 Å². The fourth-order valence-corrected chi connectivity index (χ4v) is 2.07. The van der Waals surface area contributed by atoms with Crippen molar-refractivity contribution in [1.82, 2.24) is 9.38 Å². The van der Waals surface area contributed by atoms with Crippen LogP contribution in [0.1, 0.15) is 11.1 Å². The van der Waals surface area contributed by atoms with Gasteiger partial charge in [0.05, 0.1) is 16.6 Å². The zero-order valence-electron chi connectivity index (χ0n) is 9.18. The first-order valence-electron chi connectivity index (χ1n) is 5.22. The molecule has 0 radical (unpaired) electrons. The molecule has 1 aromatic carbocycles. The van der Waals surface area contributed by atoms with E-state index < -0.39 is 0 Å². The molecule has 17 heavy (non-hydrogen) atoms. The summed E-state index contributed by atoms with van der Waals surface area (Å²) >= 11 is 0. The largest absolute Gasteiger partial charge is 0.494 e. The molecule has 0 atom stereocenters. The molecule has 4 nitrogen and oxygen atoms in total. The van der Waals surface area contributed by atoms with Gasteiger partial charge in [-0.25, -0.2) is 4.98 Å². The number of benzene rings is 1. The Bertz CT molecular complexity index is 781. The fourth-order valence-electron chi connectivity index (χ4n) is 2.07. The molecule has 1 N–H and O–H groups in total. The number of nitriles is 1. The first-order chi connectivity index (χ1) is 8.22. The van der Waals surface area contributed by atoms with Crippen LogP contribution < -0.4 is 0 Å². The van der Waals surface area contributed by atoms with E-state index in [1.807, 2.05) is 24.3 Å². The van der Waals surface area contributed by atoms with Crippen molar-refractivity contribution in [2.45, 2.75) is 6.92 Å². The Balaban J connectivity index is 2.65. The van der Waals surface area contributed by atoms with Gasteiger partial charge in [0.15, 0.2) is 11.5 Å². The van der Waals surface area contributed by atoms with E-state index in [0.717, 1.165) is 16.6 Å². The maximum Gasteiger partial charge on any atom is 0.197 e. The van der Waals surface area contributed by atoms with Gasteiger partial charge < -0.3 is 5.11 Å². The van der Waals surface area contributed by atoms with Crippen molar-refractivity contribution < 1.29 is 5.11 Å². The minimum atomic E-state index is 0.102. The maximum atomic E-state index is 9.97. The van der Waals surface area contributed by atoms with E-state index in [1.165, 1.54) is 0 Å². The summed E-state index contributed by atoms with van der Waals surface area (Å²) in [6.07, 6.45) is 0. The number of imidazole rings is 1. The lowest BCUT2D eigenvalue weighted by atomic mass is 10.1. The van der Waals surface area contributed by atoms with Crippen molar-refractivity contribution in [1.29, 1.82) is 5.26 Å². The van der Waals surface area contributed by atoms with Crippen LogP contribution in [-0.2, 0) is 0 Å². The lowest BCUT2D eigenvalue weighted by Gasteiger charge is -2.03. The van der Waals surface area contributed by atoms with Crippen LogP contribution in [0.5, 0.6) is 5.88 Å². The van der Waals surface area contributed by atoms with Gasteiger partial charge in [-0.05, 0) is 24.6 Å². The van der Waals surface area contributed by atoms with E-state index in [0.29, 0.717) is 11.2 Å². The van der Waals surface area contributed by atoms with Crippen LogP contribution >= 0.6 is 0 Å². The summed E-state index contributed by atoms with van der Waals surface area (Å²) in [6.45, 7) is 1.79. The second-order valence-corrected chi connectivity index (χ2v) is 3.93. The van der Waals surface area contributed by atoms with Gasteiger partial charge in [-0.1, -0.05) is 12.1 Å². The van der Waals surface area contributed by atoms with E-state index in [9.17, 15) is 5.11 Å². The predicted molar refractivity (Wildman–Crippen MR) is 63.8 cm³/mol. The SMILES string of the molecule is Cc1cc(O)n2c(nc3ccccc32)c1C#N. The Morgan fingerprint density at radius 2 is 2.12 bits per heavy atom. The molecule has 4 heteroatoms. The number of rotatable bonds is 0. The number of pyridine rings is 1. The molecule has 2 aromatic heterocycles. The third-order valence-corrected chi connectivity index (χ3v) is 2.87. The number of aromatic nitrogens is 2. The summed E-state index contributed by atoms with van der Waals surface area (Å²) in [7, 11) is 0. The zero-order chi connectivity index (χ0) is 12.0. The van der Waals surface area contributed by atoms with E-state index in [4.69, 9.17) is 5.26 Å². The zero-order valence-corrected chi connectivity index (χ0v) is 9.18. The van der Waals surface area contributed by atoms with Crippen LogP contribution in [0, 0.1) is 18.3 Å². The van der Waals surface area contributed by atoms with Gasteiger partial charge in [0.2, 0.25) is 0 Å². The quantitative estimate of drug-likeness (QED) is 0.636. The van der Waals surface area contributed by atoms with Crippen LogP contribution in [0.2, 0.25) is 0 Å². The van der Waals surface area contributed by atoms with Gasteiger partial charge in [-0.3, -0.25) is 4.40 Å². The van der Waals surface area contributed by atoms with Crippen molar-refractivity contribution >= 4 is 16.7 Å². The van der Waals surface area contributed by atoms with E-state index in [-0.39, 0.29) is 5.88 Å². The Kier molecular flexibility index (Phi) is 1.83.